The maximum absolute atomic E-state index is 11.8. The van der Waals surface area contributed by atoms with Gasteiger partial charge in [0.05, 0.1) is 27.0 Å². The van der Waals surface area contributed by atoms with Crippen molar-refractivity contribution in [3.8, 4) is 39.6 Å². The molecule has 0 amide bonds. The van der Waals surface area contributed by atoms with Crippen molar-refractivity contribution in [1.82, 2.24) is 10.2 Å². The molecule has 3 aromatic rings. The molecule has 0 saturated heterocycles. The Morgan fingerprint density at radius 1 is 0.800 bits per heavy atom. The van der Waals surface area contributed by atoms with Gasteiger partial charge in [-0.15, -0.1) is 0 Å². The van der Waals surface area contributed by atoms with E-state index in [0.717, 1.165) is 22.4 Å². The predicted octanol–water partition coefficient (Wildman–Crippen LogP) is 3.13. The number of aromatic nitrogens is 2. The average molecular weight is 338 g/mol. The maximum Gasteiger partial charge on any atom is 0.264 e. The Labute approximate surface area is 145 Å². The third kappa shape index (κ3) is 3.33. The van der Waals surface area contributed by atoms with E-state index in [1.54, 1.807) is 27.4 Å². The summed E-state index contributed by atoms with van der Waals surface area (Å²) in [4.78, 5) is 11.8. The quantitative estimate of drug-likeness (QED) is 0.774. The molecule has 0 aliphatic rings. The summed E-state index contributed by atoms with van der Waals surface area (Å²) in [5.74, 6) is 1.96. The van der Waals surface area contributed by atoms with Gasteiger partial charge in [0.2, 0.25) is 0 Å². The van der Waals surface area contributed by atoms with Gasteiger partial charge in [0.15, 0.2) is 11.5 Å². The van der Waals surface area contributed by atoms with Crippen LogP contribution in [0.15, 0.2) is 53.3 Å². The molecule has 25 heavy (non-hydrogen) atoms. The molecule has 128 valence electrons. The number of hydrogen-bond acceptors (Lipinski definition) is 5. The number of nitrogens with one attached hydrogen (secondary N) is 1. The minimum absolute atomic E-state index is 0.268. The van der Waals surface area contributed by atoms with Crippen molar-refractivity contribution in [2.24, 2.45) is 0 Å². The number of benzene rings is 2. The third-order valence-corrected chi connectivity index (χ3v) is 3.87. The first-order valence-electron chi connectivity index (χ1n) is 7.63. The Morgan fingerprint density at radius 3 is 2.12 bits per heavy atom. The van der Waals surface area contributed by atoms with Crippen LogP contribution >= 0.6 is 0 Å². The van der Waals surface area contributed by atoms with Gasteiger partial charge in [-0.2, -0.15) is 5.10 Å². The van der Waals surface area contributed by atoms with E-state index in [-0.39, 0.29) is 5.56 Å². The zero-order chi connectivity index (χ0) is 17.8. The highest BCUT2D eigenvalue weighted by atomic mass is 16.5. The molecule has 6 nitrogen and oxygen atoms in total. The molecule has 0 aliphatic carbocycles. The number of H-pyrrole nitrogens is 1. The monoisotopic (exact) mass is 338 g/mol. The minimum Gasteiger partial charge on any atom is -0.497 e. The summed E-state index contributed by atoms with van der Waals surface area (Å²) >= 11 is 0. The Morgan fingerprint density at radius 2 is 1.48 bits per heavy atom. The first-order chi connectivity index (χ1) is 12.2. The molecule has 1 N–H and O–H groups in total. The van der Waals surface area contributed by atoms with Crippen LogP contribution in [-0.4, -0.2) is 31.5 Å². The molecule has 0 radical (unpaired) electrons. The van der Waals surface area contributed by atoms with Crippen molar-refractivity contribution in [3.05, 3.63) is 58.9 Å². The highest BCUT2D eigenvalue weighted by Gasteiger charge is 2.13. The van der Waals surface area contributed by atoms with Crippen LogP contribution < -0.4 is 19.8 Å². The van der Waals surface area contributed by atoms with Gasteiger partial charge in [-0.1, -0.05) is 12.1 Å². The molecule has 2 aromatic carbocycles. The lowest BCUT2D eigenvalue weighted by molar-refractivity contribution is 0.355. The fraction of sp³-hybridized carbons (Fsp3) is 0.158. The Hall–Kier alpha value is -3.28. The molecule has 0 saturated carbocycles. The lowest BCUT2D eigenvalue weighted by Gasteiger charge is -2.12. The van der Waals surface area contributed by atoms with Crippen LogP contribution in [-0.2, 0) is 0 Å². The van der Waals surface area contributed by atoms with Crippen molar-refractivity contribution in [3.63, 3.8) is 0 Å². The van der Waals surface area contributed by atoms with E-state index < -0.39 is 0 Å². The highest BCUT2D eigenvalue weighted by molar-refractivity contribution is 5.81. The SMILES string of the molecule is COc1ccc(-c2cc(=O)[nH]nc2-c2ccc(OC)c(OC)c2)cc1. The van der Waals surface area contributed by atoms with E-state index in [9.17, 15) is 4.79 Å². The summed E-state index contributed by atoms with van der Waals surface area (Å²) in [6, 6.07) is 14.5. The van der Waals surface area contributed by atoms with E-state index in [2.05, 4.69) is 10.2 Å². The molecule has 0 unspecified atom stereocenters. The fourth-order valence-corrected chi connectivity index (χ4v) is 2.60. The molecule has 6 heteroatoms. The fourth-order valence-electron chi connectivity index (χ4n) is 2.60. The second-order valence-electron chi connectivity index (χ2n) is 5.29. The zero-order valence-electron chi connectivity index (χ0n) is 14.2. The summed E-state index contributed by atoms with van der Waals surface area (Å²) < 4.78 is 15.8. The van der Waals surface area contributed by atoms with Crippen molar-refractivity contribution in [2.45, 2.75) is 0 Å². The Kier molecular flexibility index (Phi) is 4.70. The lowest BCUT2D eigenvalue weighted by Crippen LogP contribution is -2.08. The van der Waals surface area contributed by atoms with E-state index in [0.29, 0.717) is 17.2 Å². The largest absolute Gasteiger partial charge is 0.497 e. The summed E-state index contributed by atoms with van der Waals surface area (Å²) in [7, 11) is 4.77. The van der Waals surface area contributed by atoms with E-state index in [1.807, 2.05) is 36.4 Å². The summed E-state index contributed by atoms with van der Waals surface area (Å²) in [5, 5.41) is 6.73. The number of aromatic amines is 1. The predicted molar refractivity (Wildman–Crippen MR) is 95.4 cm³/mol. The Balaban J connectivity index is 2.15. The van der Waals surface area contributed by atoms with E-state index in [4.69, 9.17) is 14.2 Å². The molecule has 0 bridgehead atoms. The molecule has 0 atom stereocenters. The van der Waals surface area contributed by atoms with Gasteiger partial charge < -0.3 is 14.2 Å². The standard InChI is InChI=1S/C19H18N2O4/c1-23-14-7-4-12(5-8-14)15-11-18(22)20-21-19(15)13-6-9-16(24-2)17(10-13)25-3/h4-11H,1-3H3,(H,20,22). The second-order valence-corrected chi connectivity index (χ2v) is 5.29. The minimum atomic E-state index is -0.268. The van der Waals surface area contributed by atoms with Crippen molar-refractivity contribution < 1.29 is 14.2 Å². The molecule has 0 spiro atoms. The molecular formula is C19H18N2O4. The van der Waals surface area contributed by atoms with Gasteiger partial charge in [0.1, 0.15) is 5.75 Å². The van der Waals surface area contributed by atoms with E-state index >= 15 is 0 Å². The van der Waals surface area contributed by atoms with Crippen molar-refractivity contribution in [2.75, 3.05) is 21.3 Å². The van der Waals surface area contributed by atoms with Crippen molar-refractivity contribution >= 4 is 0 Å². The first kappa shape index (κ1) is 16.6. The van der Waals surface area contributed by atoms with E-state index in [1.165, 1.54) is 6.07 Å². The molecule has 1 aromatic heterocycles. The highest BCUT2D eigenvalue weighted by Crippen LogP contribution is 2.35. The number of nitrogens with zero attached hydrogens (tertiary/aromatic N) is 1. The number of rotatable bonds is 5. The first-order valence-corrected chi connectivity index (χ1v) is 7.63. The number of ether oxygens (including phenoxy) is 3. The molecule has 0 fully saturated rings. The second kappa shape index (κ2) is 7.09. The molecule has 1 heterocycles. The van der Waals surface area contributed by atoms with Gasteiger partial charge >= 0.3 is 0 Å². The topological polar surface area (TPSA) is 73.4 Å². The number of methoxy groups -OCH3 is 3. The Bertz CT molecular complexity index is 933. The lowest BCUT2D eigenvalue weighted by atomic mass is 9.99. The smallest absolute Gasteiger partial charge is 0.264 e. The van der Waals surface area contributed by atoms with Gasteiger partial charge in [0, 0.05) is 17.2 Å². The van der Waals surface area contributed by atoms with Crippen LogP contribution in [0.2, 0.25) is 0 Å². The van der Waals surface area contributed by atoms with Gasteiger partial charge in [-0.25, -0.2) is 5.10 Å². The van der Waals surface area contributed by atoms with Crippen LogP contribution in [0.1, 0.15) is 0 Å². The van der Waals surface area contributed by atoms with Gasteiger partial charge in [0.25, 0.3) is 5.56 Å². The number of hydrogen-bond donors (Lipinski definition) is 1. The van der Waals surface area contributed by atoms with Crippen LogP contribution in [0.25, 0.3) is 22.4 Å². The normalized spacial score (nSPS) is 10.4. The zero-order valence-corrected chi connectivity index (χ0v) is 14.2. The summed E-state index contributed by atoms with van der Waals surface area (Å²) in [6.45, 7) is 0. The van der Waals surface area contributed by atoms with Crippen molar-refractivity contribution in [1.29, 1.82) is 0 Å². The van der Waals surface area contributed by atoms with Gasteiger partial charge in [-0.3, -0.25) is 4.79 Å². The molecular weight excluding hydrogens is 320 g/mol. The van der Waals surface area contributed by atoms with Crippen LogP contribution in [0.4, 0.5) is 0 Å². The maximum atomic E-state index is 11.8. The molecule has 3 rings (SSSR count). The third-order valence-electron chi connectivity index (χ3n) is 3.87. The van der Waals surface area contributed by atoms with Crippen LogP contribution in [0, 0.1) is 0 Å². The summed E-state index contributed by atoms with van der Waals surface area (Å²) in [5.41, 5.74) is 2.77. The van der Waals surface area contributed by atoms with Crippen LogP contribution in [0.3, 0.4) is 0 Å². The molecule has 0 aliphatic heterocycles. The average Bonchev–Trinajstić information content (AvgIpc) is 2.67. The van der Waals surface area contributed by atoms with Gasteiger partial charge in [-0.05, 0) is 35.9 Å². The van der Waals surface area contributed by atoms with Crippen LogP contribution in [0.5, 0.6) is 17.2 Å². The summed E-state index contributed by atoms with van der Waals surface area (Å²) in [6.07, 6.45) is 0.